The summed E-state index contributed by atoms with van der Waals surface area (Å²) in [5.41, 5.74) is 3.82. The van der Waals surface area contributed by atoms with Crippen LogP contribution in [0.15, 0.2) is 12.1 Å². The maximum absolute atomic E-state index is 12.0. The van der Waals surface area contributed by atoms with Crippen molar-refractivity contribution in [1.82, 2.24) is 10.4 Å². The Morgan fingerprint density at radius 1 is 1.17 bits per heavy atom. The average molecular weight is 355 g/mol. The molecule has 0 unspecified atom stereocenters. The van der Waals surface area contributed by atoms with Crippen molar-refractivity contribution in [3.8, 4) is 11.5 Å². The van der Waals surface area contributed by atoms with Gasteiger partial charge in [0.2, 0.25) is 0 Å². The van der Waals surface area contributed by atoms with E-state index in [1.807, 2.05) is 5.01 Å². The molecule has 0 amide bonds. The van der Waals surface area contributed by atoms with Gasteiger partial charge < -0.3 is 24.3 Å². The van der Waals surface area contributed by atoms with Crippen LogP contribution in [0.2, 0.25) is 0 Å². The van der Waals surface area contributed by atoms with Crippen molar-refractivity contribution in [3.63, 3.8) is 0 Å². The summed E-state index contributed by atoms with van der Waals surface area (Å²) in [5.74, 6) is 0.393. The van der Waals surface area contributed by atoms with E-state index >= 15 is 0 Å². The maximum Gasteiger partial charge on any atom is 0.340 e. The van der Waals surface area contributed by atoms with Crippen molar-refractivity contribution in [3.05, 3.63) is 17.7 Å². The van der Waals surface area contributed by atoms with Gasteiger partial charge in [-0.15, -0.1) is 0 Å². The van der Waals surface area contributed by atoms with E-state index < -0.39 is 5.97 Å². The highest BCUT2D eigenvalue weighted by atomic mass is 32.1. The Labute approximate surface area is 146 Å². The van der Waals surface area contributed by atoms with Crippen molar-refractivity contribution in [2.75, 3.05) is 52.9 Å². The highest BCUT2D eigenvalue weighted by Crippen LogP contribution is 2.33. The van der Waals surface area contributed by atoms with Gasteiger partial charge in [-0.2, -0.15) is 0 Å². The van der Waals surface area contributed by atoms with E-state index in [0.29, 0.717) is 41.1 Å². The van der Waals surface area contributed by atoms with E-state index in [4.69, 9.17) is 31.2 Å². The van der Waals surface area contributed by atoms with Gasteiger partial charge in [-0.25, -0.2) is 9.80 Å². The smallest absolute Gasteiger partial charge is 0.340 e. The third-order valence-electron chi connectivity index (χ3n) is 3.45. The van der Waals surface area contributed by atoms with Crippen molar-refractivity contribution >= 4 is 29.0 Å². The summed E-state index contributed by atoms with van der Waals surface area (Å²) in [6, 6.07) is 3.18. The normalized spacial score (nSPS) is 14.6. The molecular formula is C15H21N3O5S. The molecule has 0 aromatic heterocycles. The zero-order chi connectivity index (χ0) is 17.5. The first-order valence-electron chi connectivity index (χ1n) is 7.33. The summed E-state index contributed by atoms with van der Waals surface area (Å²) in [6.45, 7) is 2.72. The lowest BCUT2D eigenvalue weighted by Crippen LogP contribution is -2.49. The SMILES string of the molecule is COC(=O)c1cc(OC)c(OC)cc1NC(=S)NN1CCOCC1. The molecule has 2 rings (SSSR count). The Balaban J connectivity index is 2.19. The number of hydrazine groups is 1. The number of carbonyl (C=O) groups excluding carboxylic acids is 1. The number of nitrogens with one attached hydrogen (secondary N) is 2. The van der Waals surface area contributed by atoms with Crippen LogP contribution >= 0.6 is 12.2 Å². The van der Waals surface area contributed by atoms with E-state index in [1.165, 1.54) is 21.3 Å². The zero-order valence-corrected chi connectivity index (χ0v) is 14.7. The number of anilines is 1. The molecule has 0 radical (unpaired) electrons. The van der Waals surface area contributed by atoms with E-state index in [0.717, 1.165) is 13.1 Å². The van der Waals surface area contributed by atoms with Crippen LogP contribution in [-0.4, -0.2) is 63.7 Å². The number of hydrogen-bond acceptors (Lipinski definition) is 7. The topological polar surface area (TPSA) is 81.3 Å². The van der Waals surface area contributed by atoms with Gasteiger partial charge in [-0.1, -0.05) is 0 Å². The first-order valence-corrected chi connectivity index (χ1v) is 7.74. The molecule has 132 valence electrons. The summed E-state index contributed by atoms with van der Waals surface area (Å²) in [6.07, 6.45) is 0. The van der Waals surface area contributed by atoms with Gasteiger partial charge in [0.15, 0.2) is 16.6 Å². The molecule has 1 fully saturated rings. The summed E-state index contributed by atoms with van der Waals surface area (Å²) >= 11 is 5.31. The van der Waals surface area contributed by atoms with Gasteiger partial charge in [-0.05, 0) is 12.2 Å². The van der Waals surface area contributed by atoms with Gasteiger partial charge in [0.25, 0.3) is 0 Å². The fourth-order valence-corrected chi connectivity index (χ4v) is 2.47. The molecule has 1 aromatic carbocycles. The standard InChI is InChI=1S/C15H21N3O5S/c1-20-12-8-10(14(19)22-3)11(9-13(12)21-2)16-15(24)17-18-4-6-23-7-5-18/h8-9H,4-7H2,1-3H3,(H2,16,17,24). The third-order valence-corrected chi connectivity index (χ3v) is 3.64. The minimum absolute atomic E-state index is 0.293. The molecule has 8 nitrogen and oxygen atoms in total. The van der Waals surface area contributed by atoms with E-state index in [9.17, 15) is 4.79 Å². The number of hydrogen-bond donors (Lipinski definition) is 2. The Morgan fingerprint density at radius 2 is 1.79 bits per heavy atom. The molecular weight excluding hydrogens is 334 g/mol. The zero-order valence-electron chi connectivity index (χ0n) is 13.9. The van der Waals surface area contributed by atoms with Crippen LogP contribution in [0.5, 0.6) is 11.5 Å². The fraction of sp³-hybridized carbons (Fsp3) is 0.467. The van der Waals surface area contributed by atoms with Gasteiger partial charge in [-0.3, -0.25) is 5.43 Å². The number of ether oxygens (including phenoxy) is 4. The lowest BCUT2D eigenvalue weighted by atomic mass is 10.1. The van der Waals surface area contributed by atoms with E-state index in [2.05, 4.69) is 10.7 Å². The minimum Gasteiger partial charge on any atom is -0.493 e. The molecule has 1 aliphatic rings. The molecule has 1 aliphatic heterocycles. The van der Waals surface area contributed by atoms with E-state index in [-0.39, 0.29) is 0 Å². The van der Waals surface area contributed by atoms with Crippen LogP contribution in [0.1, 0.15) is 10.4 Å². The van der Waals surface area contributed by atoms with Crippen molar-refractivity contribution in [1.29, 1.82) is 0 Å². The van der Waals surface area contributed by atoms with Crippen LogP contribution in [0, 0.1) is 0 Å². The first kappa shape index (κ1) is 18.2. The van der Waals surface area contributed by atoms with Crippen LogP contribution in [-0.2, 0) is 9.47 Å². The number of rotatable bonds is 5. The van der Waals surface area contributed by atoms with Crippen LogP contribution in [0.4, 0.5) is 5.69 Å². The Kier molecular flexibility index (Phi) is 6.59. The summed E-state index contributed by atoms with van der Waals surface area (Å²) < 4.78 is 20.6. The summed E-state index contributed by atoms with van der Waals surface area (Å²) in [7, 11) is 4.33. The number of benzene rings is 1. The molecule has 24 heavy (non-hydrogen) atoms. The second-order valence-electron chi connectivity index (χ2n) is 4.91. The van der Waals surface area contributed by atoms with Crippen molar-refractivity contribution < 1.29 is 23.7 Å². The van der Waals surface area contributed by atoms with E-state index in [1.54, 1.807) is 12.1 Å². The second-order valence-corrected chi connectivity index (χ2v) is 5.32. The molecule has 0 atom stereocenters. The third kappa shape index (κ3) is 4.47. The second kappa shape index (κ2) is 8.67. The van der Waals surface area contributed by atoms with Crippen molar-refractivity contribution in [2.24, 2.45) is 0 Å². The van der Waals surface area contributed by atoms with Gasteiger partial charge in [0, 0.05) is 25.2 Å². The van der Waals surface area contributed by atoms with Crippen LogP contribution < -0.4 is 20.2 Å². The highest BCUT2D eigenvalue weighted by molar-refractivity contribution is 7.80. The van der Waals surface area contributed by atoms with Gasteiger partial charge >= 0.3 is 5.97 Å². The predicted molar refractivity (Wildman–Crippen MR) is 92.6 cm³/mol. The number of morpholine rings is 1. The number of carbonyl (C=O) groups is 1. The number of methoxy groups -OCH3 is 3. The fourth-order valence-electron chi connectivity index (χ4n) is 2.23. The Hall–Kier alpha value is -2.10. The Morgan fingerprint density at radius 3 is 2.38 bits per heavy atom. The lowest BCUT2D eigenvalue weighted by molar-refractivity contribution is 0.0252. The predicted octanol–water partition coefficient (Wildman–Crippen LogP) is 1.02. The molecule has 0 spiro atoms. The largest absolute Gasteiger partial charge is 0.493 e. The maximum atomic E-state index is 12.0. The molecule has 1 saturated heterocycles. The van der Waals surface area contributed by atoms with Gasteiger partial charge in [0.1, 0.15) is 0 Å². The molecule has 0 bridgehead atoms. The molecule has 2 N–H and O–H groups in total. The quantitative estimate of drug-likeness (QED) is 0.594. The van der Waals surface area contributed by atoms with Crippen LogP contribution in [0.3, 0.4) is 0 Å². The van der Waals surface area contributed by atoms with Gasteiger partial charge in [0.05, 0.1) is 45.8 Å². The molecule has 9 heteroatoms. The number of esters is 1. The molecule has 1 aromatic rings. The minimum atomic E-state index is -0.507. The molecule has 0 saturated carbocycles. The number of thiocarbonyl (C=S) groups is 1. The molecule has 1 heterocycles. The lowest BCUT2D eigenvalue weighted by Gasteiger charge is -2.28. The number of nitrogens with zero attached hydrogens (tertiary/aromatic N) is 1. The summed E-state index contributed by atoms with van der Waals surface area (Å²) in [5, 5.41) is 5.30. The monoisotopic (exact) mass is 355 g/mol. The average Bonchev–Trinajstić information content (AvgIpc) is 2.61. The Bertz CT molecular complexity index is 605. The first-order chi connectivity index (χ1) is 11.6. The highest BCUT2D eigenvalue weighted by Gasteiger charge is 2.19. The summed E-state index contributed by atoms with van der Waals surface area (Å²) in [4.78, 5) is 12.0. The van der Waals surface area contributed by atoms with Crippen LogP contribution in [0.25, 0.3) is 0 Å². The molecule has 0 aliphatic carbocycles. The van der Waals surface area contributed by atoms with Crippen molar-refractivity contribution in [2.45, 2.75) is 0 Å².